The predicted octanol–water partition coefficient (Wildman–Crippen LogP) is 6.32. The van der Waals surface area contributed by atoms with E-state index in [0.717, 1.165) is 38.8 Å². The maximum absolute atomic E-state index is 14.3. The van der Waals surface area contributed by atoms with E-state index in [1.54, 1.807) is 0 Å². The van der Waals surface area contributed by atoms with Gasteiger partial charge in [-0.05, 0) is 25.7 Å². The lowest BCUT2D eigenvalue weighted by molar-refractivity contribution is 0.0685. The number of nitrogens with zero attached hydrogens (tertiary/aromatic N) is 1. The summed E-state index contributed by atoms with van der Waals surface area (Å²) in [6.45, 7) is 8.55. The fraction of sp³-hybridized carbons (Fsp3) is 1.00. The second-order valence-corrected chi connectivity index (χ2v) is 6.09. The Hall–Kier alpha value is -0.110. The van der Waals surface area contributed by atoms with Crippen LogP contribution in [0, 0.1) is 0 Å². The summed E-state index contributed by atoms with van der Waals surface area (Å²) in [4.78, 5) is 2.11. The van der Waals surface area contributed by atoms with Gasteiger partial charge < -0.3 is 0 Å². The van der Waals surface area contributed by atoms with Gasteiger partial charge in [0.15, 0.2) is 6.30 Å². The van der Waals surface area contributed by atoms with Gasteiger partial charge >= 0.3 is 0 Å². The Morgan fingerprint density at radius 2 is 1.10 bits per heavy atom. The van der Waals surface area contributed by atoms with Crippen LogP contribution in [-0.2, 0) is 0 Å². The molecule has 122 valence electrons. The Balaban J connectivity index is 3.94. The van der Waals surface area contributed by atoms with Crippen LogP contribution in [-0.4, -0.2) is 24.3 Å². The lowest BCUT2D eigenvalue weighted by Gasteiger charge is -2.26. The quantitative estimate of drug-likeness (QED) is 0.251. The normalized spacial score (nSPS) is 13.1. The van der Waals surface area contributed by atoms with Crippen LogP contribution in [0.5, 0.6) is 0 Å². The number of halogens is 1. The lowest BCUT2D eigenvalue weighted by atomic mass is 10.1. The van der Waals surface area contributed by atoms with Gasteiger partial charge in [0.05, 0.1) is 0 Å². The van der Waals surface area contributed by atoms with Crippen molar-refractivity contribution in [2.24, 2.45) is 0 Å². The highest BCUT2D eigenvalue weighted by Crippen LogP contribution is 2.15. The summed E-state index contributed by atoms with van der Waals surface area (Å²) in [6.07, 6.45) is 13.3. The third-order valence-electron chi connectivity index (χ3n) is 4.04. The van der Waals surface area contributed by atoms with Gasteiger partial charge in [0.1, 0.15) is 0 Å². The minimum absolute atomic E-state index is 0.704. The van der Waals surface area contributed by atoms with Gasteiger partial charge in [0, 0.05) is 13.1 Å². The SMILES string of the molecule is CCCCCCN(CCCCCC)C(F)CCCCC. The van der Waals surface area contributed by atoms with Gasteiger partial charge in [0.2, 0.25) is 0 Å². The fourth-order valence-corrected chi connectivity index (χ4v) is 2.62. The van der Waals surface area contributed by atoms with Gasteiger partial charge in [-0.15, -0.1) is 0 Å². The number of unbranched alkanes of at least 4 members (excludes halogenated alkanes) is 8. The molecule has 0 radical (unpaired) electrons. The van der Waals surface area contributed by atoms with Crippen molar-refractivity contribution in [3.63, 3.8) is 0 Å². The highest BCUT2D eigenvalue weighted by atomic mass is 19.1. The van der Waals surface area contributed by atoms with Crippen molar-refractivity contribution in [3.05, 3.63) is 0 Å². The Labute approximate surface area is 127 Å². The van der Waals surface area contributed by atoms with Crippen LogP contribution in [0.2, 0.25) is 0 Å². The van der Waals surface area contributed by atoms with Crippen LogP contribution in [0.15, 0.2) is 0 Å². The molecule has 0 aromatic heterocycles. The largest absolute Gasteiger partial charge is 0.274 e. The molecule has 0 bridgehead atoms. The molecule has 0 heterocycles. The molecular formula is C18H38FN. The third-order valence-corrected chi connectivity index (χ3v) is 4.04. The highest BCUT2D eigenvalue weighted by Gasteiger charge is 2.16. The molecule has 2 heteroatoms. The van der Waals surface area contributed by atoms with Crippen LogP contribution < -0.4 is 0 Å². The number of rotatable bonds is 15. The van der Waals surface area contributed by atoms with Gasteiger partial charge in [0.25, 0.3) is 0 Å². The van der Waals surface area contributed by atoms with Crippen molar-refractivity contribution >= 4 is 0 Å². The molecule has 1 unspecified atom stereocenters. The zero-order chi connectivity index (χ0) is 15.1. The monoisotopic (exact) mass is 287 g/mol. The molecule has 0 aliphatic carbocycles. The zero-order valence-electron chi connectivity index (χ0n) is 14.3. The van der Waals surface area contributed by atoms with E-state index in [1.807, 2.05) is 0 Å². The number of hydrogen-bond acceptors (Lipinski definition) is 1. The van der Waals surface area contributed by atoms with E-state index in [1.165, 1.54) is 51.4 Å². The first-order chi connectivity index (χ1) is 9.76. The van der Waals surface area contributed by atoms with E-state index < -0.39 is 6.30 Å². The average Bonchev–Trinajstić information content (AvgIpc) is 2.45. The summed E-state index contributed by atoms with van der Waals surface area (Å²) in [7, 11) is 0. The Morgan fingerprint density at radius 1 is 0.650 bits per heavy atom. The molecule has 0 saturated carbocycles. The smallest absolute Gasteiger partial charge is 0.153 e. The van der Waals surface area contributed by atoms with Crippen LogP contribution in [0.1, 0.15) is 97.8 Å². The summed E-state index contributed by atoms with van der Waals surface area (Å²) in [5, 5.41) is 0. The minimum atomic E-state index is -0.704. The summed E-state index contributed by atoms with van der Waals surface area (Å²) in [5.74, 6) is 0. The van der Waals surface area contributed by atoms with Crippen molar-refractivity contribution in [3.8, 4) is 0 Å². The highest BCUT2D eigenvalue weighted by molar-refractivity contribution is 4.64. The van der Waals surface area contributed by atoms with E-state index in [9.17, 15) is 4.39 Å². The Kier molecular flexibility index (Phi) is 15.2. The molecule has 0 rings (SSSR count). The zero-order valence-corrected chi connectivity index (χ0v) is 14.3. The topological polar surface area (TPSA) is 3.24 Å². The van der Waals surface area contributed by atoms with Crippen LogP contribution >= 0.6 is 0 Å². The van der Waals surface area contributed by atoms with Crippen molar-refractivity contribution in [2.75, 3.05) is 13.1 Å². The molecule has 0 fully saturated rings. The first-order valence-electron chi connectivity index (χ1n) is 9.14. The summed E-state index contributed by atoms with van der Waals surface area (Å²) in [6, 6.07) is 0. The van der Waals surface area contributed by atoms with Crippen molar-refractivity contribution < 1.29 is 4.39 Å². The molecule has 0 aromatic carbocycles. The first kappa shape index (κ1) is 19.9. The second-order valence-electron chi connectivity index (χ2n) is 6.09. The van der Waals surface area contributed by atoms with Crippen molar-refractivity contribution in [1.82, 2.24) is 4.90 Å². The van der Waals surface area contributed by atoms with Crippen molar-refractivity contribution in [1.29, 1.82) is 0 Å². The van der Waals surface area contributed by atoms with Crippen LogP contribution in [0.3, 0.4) is 0 Å². The van der Waals surface area contributed by atoms with Gasteiger partial charge in [-0.2, -0.15) is 0 Å². The molecule has 0 aromatic rings. The number of hydrogen-bond donors (Lipinski definition) is 0. The maximum Gasteiger partial charge on any atom is 0.153 e. The van der Waals surface area contributed by atoms with Crippen LogP contribution in [0.25, 0.3) is 0 Å². The van der Waals surface area contributed by atoms with Gasteiger partial charge in [-0.1, -0.05) is 72.1 Å². The maximum atomic E-state index is 14.3. The summed E-state index contributed by atoms with van der Waals surface area (Å²) < 4.78 is 14.3. The molecule has 20 heavy (non-hydrogen) atoms. The van der Waals surface area contributed by atoms with E-state index in [0.29, 0.717) is 0 Å². The third kappa shape index (κ3) is 11.7. The van der Waals surface area contributed by atoms with Gasteiger partial charge in [-0.25, -0.2) is 4.39 Å². The standard InChI is InChI=1S/C18H38FN/c1-4-7-10-13-16-20(17-14-11-8-5-2)18(19)15-12-9-6-3/h18H,4-17H2,1-3H3. The lowest BCUT2D eigenvalue weighted by Crippen LogP contribution is -2.34. The molecule has 1 atom stereocenters. The van der Waals surface area contributed by atoms with E-state index in [4.69, 9.17) is 0 Å². The molecule has 0 amide bonds. The number of alkyl halides is 1. The van der Waals surface area contributed by atoms with Gasteiger partial charge in [-0.3, -0.25) is 4.90 Å². The second kappa shape index (κ2) is 15.3. The molecule has 0 N–H and O–H groups in total. The summed E-state index contributed by atoms with van der Waals surface area (Å²) in [5.41, 5.74) is 0. The summed E-state index contributed by atoms with van der Waals surface area (Å²) >= 11 is 0. The molecular weight excluding hydrogens is 249 g/mol. The Bertz CT molecular complexity index is 172. The Morgan fingerprint density at radius 3 is 1.55 bits per heavy atom. The minimum Gasteiger partial charge on any atom is -0.274 e. The molecule has 0 aliphatic rings. The van der Waals surface area contributed by atoms with E-state index >= 15 is 0 Å². The van der Waals surface area contributed by atoms with Crippen LogP contribution in [0.4, 0.5) is 4.39 Å². The van der Waals surface area contributed by atoms with E-state index in [2.05, 4.69) is 25.7 Å². The fourth-order valence-electron chi connectivity index (χ4n) is 2.62. The average molecular weight is 288 g/mol. The predicted molar refractivity (Wildman–Crippen MR) is 88.9 cm³/mol. The van der Waals surface area contributed by atoms with Crippen molar-refractivity contribution in [2.45, 2.75) is 104 Å². The molecule has 0 spiro atoms. The van der Waals surface area contributed by atoms with E-state index in [-0.39, 0.29) is 0 Å². The molecule has 0 saturated heterocycles. The molecule has 0 aliphatic heterocycles. The first-order valence-corrected chi connectivity index (χ1v) is 9.14. The molecule has 1 nitrogen and oxygen atoms in total.